The second kappa shape index (κ2) is 9.50. The van der Waals surface area contributed by atoms with Crippen LogP contribution in [-0.2, 0) is 4.79 Å². The van der Waals surface area contributed by atoms with Gasteiger partial charge in [-0.3, -0.25) is 4.79 Å². The summed E-state index contributed by atoms with van der Waals surface area (Å²) in [7, 11) is 0. The summed E-state index contributed by atoms with van der Waals surface area (Å²) in [5.74, 6) is 7.63. The molecule has 0 fully saturated rings. The van der Waals surface area contributed by atoms with E-state index in [-0.39, 0.29) is 12.6 Å². The molecule has 3 aromatic rings. The molecule has 0 spiro atoms. The Morgan fingerprint density at radius 2 is 1.64 bits per heavy atom. The van der Waals surface area contributed by atoms with E-state index in [1.807, 2.05) is 24.3 Å². The number of rotatable bonds is 5. The molecule has 0 aliphatic carbocycles. The molecule has 0 aliphatic heterocycles. The first kappa shape index (κ1) is 19.3. The molecule has 0 bridgehead atoms. The molecule has 140 valence electrons. The average Bonchev–Trinajstić information content (AvgIpc) is 2.67. The summed E-state index contributed by atoms with van der Waals surface area (Å²) in [4.78, 5) is 11.1. The van der Waals surface area contributed by atoms with Crippen molar-refractivity contribution >= 4 is 17.6 Å². The Morgan fingerprint density at radius 1 is 0.929 bits per heavy atom. The highest BCUT2D eigenvalue weighted by atomic mass is 35.5. The van der Waals surface area contributed by atoms with Crippen molar-refractivity contribution in [1.29, 1.82) is 0 Å². The number of carbonyl (C=O) groups is 1. The molecule has 0 radical (unpaired) electrons. The minimum atomic E-state index is -0.389. The molecular formula is C23H17ClO4. The van der Waals surface area contributed by atoms with Gasteiger partial charge in [0.05, 0.1) is 0 Å². The summed E-state index contributed by atoms with van der Waals surface area (Å²) in [6.07, 6.45) is 0. The smallest absolute Gasteiger partial charge is 0.308 e. The molecule has 0 unspecified atom stereocenters. The van der Waals surface area contributed by atoms with Crippen LogP contribution in [0.5, 0.6) is 23.0 Å². The molecule has 0 aromatic heterocycles. The molecule has 0 amide bonds. The van der Waals surface area contributed by atoms with E-state index >= 15 is 0 Å². The largest absolute Gasteiger partial charge is 0.477 e. The lowest BCUT2D eigenvalue weighted by molar-refractivity contribution is -0.131. The molecule has 3 rings (SSSR count). The maximum absolute atomic E-state index is 11.1. The summed E-state index contributed by atoms with van der Waals surface area (Å²) >= 11 is 5.86. The van der Waals surface area contributed by atoms with Gasteiger partial charge in [0.25, 0.3) is 0 Å². The molecule has 5 heteroatoms. The monoisotopic (exact) mass is 392 g/mol. The molecule has 0 aliphatic rings. The van der Waals surface area contributed by atoms with Crippen molar-refractivity contribution in [3.05, 3.63) is 83.4 Å². The lowest BCUT2D eigenvalue weighted by Crippen LogP contribution is -2.01. The molecule has 28 heavy (non-hydrogen) atoms. The molecule has 0 heterocycles. The van der Waals surface area contributed by atoms with Gasteiger partial charge in [-0.15, -0.1) is 0 Å². The van der Waals surface area contributed by atoms with Gasteiger partial charge in [0, 0.05) is 23.6 Å². The van der Waals surface area contributed by atoms with Gasteiger partial charge >= 0.3 is 5.97 Å². The number of esters is 1. The summed E-state index contributed by atoms with van der Waals surface area (Å²) in [5, 5.41) is 0.672. The second-order valence-electron chi connectivity index (χ2n) is 5.71. The van der Waals surface area contributed by atoms with Crippen LogP contribution in [0.4, 0.5) is 0 Å². The lowest BCUT2D eigenvalue weighted by atomic mass is 10.2. The molecular weight excluding hydrogens is 376 g/mol. The fourth-order valence-corrected chi connectivity index (χ4v) is 2.46. The van der Waals surface area contributed by atoms with E-state index in [0.29, 0.717) is 28.0 Å². The van der Waals surface area contributed by atoms with Gasteiger partial charge in [-0.05, 0) is 48.5 Å². The van der Waals surface area contributed by atoms with E-state index in [1.165, 1.54) is 6.92 Å². The van der Waals surface area contributed by atoms with E-state index in [2.05, 4.69) is 11.8 Å². The number of hydrogen-bond acceptors (Lipinski definition) is 4. The zero-order valence-corrected chi connectivity index (χ0v) is 15.9. The number of carbonyl (C=O) groups excluding carboxylic acids is 1. The maximum Gasteiger partial charge on any atom is 0.308 e. The fourth-order valence-electron chi connectivity index (χ4n) is 2.33. The summed E-state index contributed by atoms with van der Waals surface area (Å²) in [6.45, 7) is 1.55. The number of halogens is 1. The third-order valence-electron chi connectivity index (χ3n) is 3.52. The van der Waals surface area contributed by atoms with E-state index in [4.69, 9.17) is 25.8 Å². The third kappa shape index (κ3) is 5.80. The molecule has 4 nitrogen and oxygen atoms in total. The van der Waals surface area contributed by atoms with Gasteiger partial charge in [0.15, 0.2) is 11.5 Å². The van der Waals surface area contributed by atoms with Crippen molar-refractivity contribution in [2.45, 2.75) is 6.92 Å². The zero-order valence-electron chi connectivity index (χ0n) is 15.1. The van der Waals surface area contributed by atoms with Crippen molar-refractivity contribution < 1.29 is 19.0 Å². The second-order valence-corrected chi connectivity index (χ2v) is 6.15. The predicted octanol–water partition coefficient (Wildman–Crippen LogP) is 5.49. The Kier molecular flexibility index (Phi) is 6.56. The van der Waals surface area contributed by atoms with Crippen LogP contribution in [0.1, 0.15) is 12.5 Å². The molecule has 0 saturated heterocycles. The minimum absolute atomic E-state index is 0.205. The Morgan fingerprint density at radius 3 is 2.39 bits per heavy atom. The van der Waals surface area contributed by atoms with Crippen molar-refractivity contribution in [2.75, 3.05) is 6.61 Å². The fraction of sp³-hybridized carbons (Fsp3) is 0.0870. The van der Waals surface area contributed by atoms with Gasteiger partial charge < -0.3 is 14.2 Å². The van der Waals surface area contributed by atoms with Crippen LogP contribution in [-0.4, -0.2) is 12.6 Å². The minimum Gasteiger partial charge on any atom is -0.477 e. The van der Waals surface area contributed by atoms with Crippen LogP contribution in [0, 0.1) is 11.8 Å². The number of benzene rings is 3. The van der Waals surface area contributed by atoms with Crippen LogP contribution < -0.4 is 14.2 Å². The van der Waals surface area contributed by atoms with Gasteiger partial charge in [0.2, 0.25) is 0 Å². The standard InChI is InChI=1S/C23H17ClO4/c1-17(25)27-20-7-4-8-21(16-20)28-23-10-3-2-9-22(23)26-15-5-6-18-11-13-19(24)14-12-18/h2-4,7-14,16H,15H2,1H3. The topological polar surface area (TPSA) is 44.8 Å². The summed E-state index contributed by atoms with van der Waals surface area (Å²) in [6, 6.07) is 21.4. The normalized spacial score (nSPS) is 9.79. The van der Waals surface area contributed by atoms with Crippen LogP contribution >= 0.6 is 11.6 Å². The maximum atomic E-state index is 11.1. The van der Waals surface area contributed by atoms with Crippen molar-refractivity contribution in [2.24, 2.45) is 0 Å². The Bertz CT molecular complexity index is 1020. The first-order chi connectivity index (χ1) is 13.6. The molecule has 0 N–H and O–H groups in total. The van der Waals surface area contributed by atoms with Gasteiger partial charge in [-0.1, -0.05) is 41.6 Å². The zero-order chi connectivity index (χ0) is 19.8. The van der Waals surface area contributed by atoms with Gasteiger partial charge in [-0.2, -0.15) is 0 Å². The Labute approximate surface area is 168 Å². The lowest BCUT2D eigenvalue weighted by Gasteiger charge is -2.11. The van der Waals surface area contributed by atoms with Crippen LogP contribution in [0.2, 0.25) is 5.02 Å². The van der Waals surface area contributed by atoms with E-state index in [0.717, 1.165) is 5.56 Å². The van der Waals surface area contributed by atoms with E-state index < -0.39 is 0 Å². The van der Waals surface area contributed by atoms with Gasteiger partial charge in [-0.25, -0.2) is 0 Å². The number of ether oxygens (including phenoxy) is 3. The highest BCUT2D eigenvalue weighted by Crippen LogP contribution is 2.32. The van der Waals surface area contributed by atoms with Crippen molar-refractivity contribution in [1.82, 2.24) is 0 Å². The highest BCUT2D eigenvalue weighted by molar-refractivity contribution is 6.30. The van der Waals surface area contributed by atoms with Crippen molar-refractivity contribution in [3.8, 4) is 34.8 Å². The van der Waals surface area contributed by atoms with Crippen LogP contribution in [0.15, 0.2) is 72.8 Å². The SMILES string of the molecule is CC(=O)Oc1cccc(Oc2ccccc2OCC#Cc2ccc(Cl)cc2)c1. The van der Waals surface area contributed by atoms with Crippen LogP contribution in [0.3, 0.4) is 0 Å². The Hall–Kier alpha value is -3.42. The summed E-state index contributed by atoms with van der Waals surface area (Å²) in [5.41, 5.74) is 0.861. The van der Waals surface area contributed by atoms with E-state index in [1.54, 1.807) is 48.5 Å². The number of hydrogen-bond donors (Lipinski definition) is 0. The molecule has 0 atom stereocenters. The average molecular weight is 393 g/mol. The van der Waals surface area contributed by atoms with Gasteiger partial charge in [0.1, 0.15) is 18.1 Å². The first-order valence-electron chi connectivity index (χ1n) is 8.53. The number of para-hydroxylation sites is 2. The Balaban J connectivity index is 1.66. The molecule has 0 saturated carbocycles. The third-order valence-corrected chi connectivity index (χ3v) is 3.77. The van der Waals surface area contributed by atoms with Crippen LogP contribution in [0.25, 0.3) is 0 Å². The predicted molar refractivity (Wildman–Crippen MR) is 108 cm³/mol. The quantitative estimate of drug-likeness (QED) is 0.327. The van der Waals surface area contributed by atoms with Crippen molar-refractivity contribution in [3.63, 3.8) is 0 Å². The highest BCUT2D eigenvalue weighted by Gasteiger charge is 2.07. The first-order valence-corrected chi connectivity index (χ1v) is 8.90. The summed E-state index contributed by atoms with van der Waals surface area (Å²) < 4.78 is 16.7. The van der Waals surface area contributed by atoms with E-state index in [9.17, 15) is 4.79 Å². The molecule has 3 aromatic carbocycles.